The van der Waals surface area contributed by atoms with Crippen molar-refractivity contribution in [3.63, 3.8) is 0 Å². The van der Waals surface area contributed by atoms with Gasteiger partial charge in [-0.3, -0.25) is 0 Å². The van der Waals surface area contributed by atoms with Gasteiger partial charge in [0.2, 0.25) is 5.69 Å². The minimum atomic E-state index is 0.632. The number of aryl methyl sites for hydroxylation is 2. The van der Waals surface area contributed by atoms with Gasteiger partial charge >= 0.3 is 0 Å². The zero-order chi connectivity index (χ0) is 16.0. The number of hydrogen-bond donors (Lipinski definition) is 0. The minimum Gasteiger partial charge on any atom is -0.456 e. The Morgan fingerprint density at radius 1 is 1.00 bits per heavy atom. The second-order valence-corrected chi connectivity index (χ2v) is 5.75. The summed E-state index contributed by atoms with van der Waals surface area (Å²) in [5.74, 6) is 0. The van der Waals surface area contributed by atoms with Crippen LogP contribution in [0.5, 0.6) is 0 Å². The third-order valence-corrected chi connectivity index (χ3v) is 4.26. The van der Waals surface area contributed by atoms with Gasteiger partial charge in [0.1, 0.15) is 18.2 Å². The van der Waals surface area contributed by atoms with Gasteiger partial charge < -0.3 is 4.42 Å². The quantitative estimate of drug-likeness (QED) is 0.360. The van der Waals surface area contributed by atoms with Crippen molar-refractivity contribution in [3.05, 3.63) is 71.7 Å². The molecule has 0 radical (unpaired) electrons. The summed E-state index contributed by atoms with van der Waals surface area (Å²) in [6, 6.07) is 16.0. The molecule has 0 amide bonds. The van der Waals surface area contributed by atoms with E-state index in [-0.39, 0.29) is 0 Å². The maximum absolute atomic E-state index is 7.21. The molecule has 0 aliphatic heterocycles. The first-order chi connectivity index (χ1) is 11.2. The standard InChI is InChI=1S/C20H15N2O/c1-13-10-20-17(12-15(13)18-6-4-5-9-22(18)3)16-11-14(21-2)7-8-19(16)23-20/h4-12H,1,3H3/q+1. The van der Waals surface area contributed by atoms with Gasteiger partial charge in [0.25, 0.3) is 0 Å². The molecule has 0 bridgehead atoms. The largest absolute Gasteiger partial charge is 0.456 e. The molecule has 0 unspecified atom stereocenters. The van der Waals surface area contributed by atoms with Crippen molar-refractivity contribution in [2.24, 2.45) is 7.05 Å². The van der Waals surface area contributed by atoms with Crippen molar-refractivity contribution in [1.82, 2.24) is 0 Å². The highest BCUT2D eigenvalue weighted by Gasteiger charge is 2.16. The highest BCUT2D eigenvalue weighted by atomic mass is 16.3. The van der Waals surface area contributed by atoms with Crippen LogP contribution >= 0.6 is 0 Å². The van der Waals surface area contributed by atoms with Crippen molar-refractivity contribution < 1.29 is 8.98 Å². The lowest BCUT2D eigenvalue weighted by atomic mass is 10.0. The summed E-state index contributed by atoms with van der Waals surface area (Å²) < 4.78 is 8.06. The summed E-state index contributed by atoms with van der Waals surface area (Å²) in [5, 5.41) is 2.04. The van der Waals surface area contributed by atoms with E-state index in [1.807, 2.05) is 37.5 Å². The van der Waals surface area contributed by atoms with Gasteiger partial charge in [-0.25, -0.2) is 9.41 Å². The van der Waals surface area contributed by atoms with E-state index in [2.05, 4.69) is 34.5 Å². The first-order valence-corrected chi connectivity index (χ1v) is 7.47. The predicted octanol–water partition coefficient (Wildman–Crippen LogP) is 4.94. The molecule has 0 N–H and O–H groups in total. The van der Waals surface area contributed by atoms with Gasteiger partial charge in [0, 0.05) is 28.5 Å². The SMILES string of the molecule is [C-]#[N+]c1ccc2oc3cc(C)c(-c4cccc[n+]4C)cc3c2c1. The lowest BCUT2D eigenvalue weighted by molar-refractivity contribution is -0.660. The van der Waals surface area contributed by atoms with Gasteiger partial charge in [-0.2, -0.15) is 0 Å². The van der Waals surface area contributed by atoms with Crippen LogP contribution in [0, 0.1) is 13.5 Å². The predicted molar refractivity (Wildman–Crippen MR) is 91.3 cm³/mol. The van der Waals surface area contributed by atoms with E-state index in [0.717, 1.165) is 27.6 Å². The number of fused-ring (bicyclic) bond motifs is 3. The molecular formula is C20H15N2O+. The van der Waals surface area contributed by atoms with Crippen molar-refractivity contribution in [1.29, 1.82) is 0 Å². The third-order valence-electron chi connectivity index (χ3n) is 4.26. The number of furan rings is 1. The summed E-state index contributed by atoms with van der Waals surface area (Å²) in [6.07, 6.45) is 2.05. The number of hydrogen-bond acceptors (Lipinski definition) is 1. The molecule has 0 saturated heterocycles. The lowest BCUT2D eigenvalue weighted by Gasteiger charge is -2.04. The maximum Gasteiger partial charge on any atom is 0.212 e. The Morgan fingerprint density at radius 2 is 1.83 bits per heavy atom. The van der Waals surface area contributed by atoms with Crippen LogP contribution in [0.25, 0.3) is 38.0 Å². The summed E-state index contributed by atoms with van der Waals surface area (Å²) in [5.41, 5.74) is 5.82. The first-order valence-electron chi connectivity index (χ1n) is 7.47. The molecule has 3 nitrogen and oxygen atoms in total. The van der Waals surface area contributed by atoms with Gasteiger partial charge in [0.15, 0.2) is 11.9 Å². The number of rotatable bonds is 1. The van der Waals surface area contributed by atoms with Crippen molar-refractivity contribution >= 4 is 27.6 Å². The van der Waals surface area contributed by atoms with E-state index in [1.54, 1.807) is 6.07 Å². The van der Waals surface area contributed by atoms with Gasteiger partial charge in [0.05, 0.1) is 6.57 Å². The summed E-state index contributed by atoms with van der Waals surface area (Å²) in [6.45, 7) is 9.31. The van der Waals surface area contributed by atoms with E-state index in [1.165, 1.54) is 11.1 Å². The average Bonchev–Trinajstić information content (AvgIpc) is 2.91. The molecule has 2 aromatic carbocycles. The van der Waals surface area contributed by atoms with Crippen LogP contribution in [-0.2, 0) is 7.05 Å². The highest BCUT2D eigenvalue weighted by molar-refractivity contribution is 6.07. The zero-order valence-electron chi connectivity index (χ0n) is 13.0. The smallest absolute Gasteiger partial charge is 0.212 e. The van der Waals surface area contributed by atoms with Crippen LogP contribution in [0.4, 0.5) is 5.69 Å². The fourth-order valence-corrected chi connectivity index (χ4v) is 3.06. The van der Waals surface area contributed by atoms with E-state index in [4.69, 9.17) is 11.0 Å². The second-order valence-electron chi connectivity index (χ2n) is 5.75. The van der Waals surface area contributed by atoms with Crippen LogP contribution in [0.15, 0.2) is 59.1 Å². The molecule has 0 spiro atoms. The van der Waals surface area contributed by atoms with Gasteiger partial charge in [-0.15, -0.1) is 0 Å². The van der Waals surface area contributed by atoms with E-state index >= 15 is 0 Å². The molecule has 0 fully saturated rings. The number of benzene rings is 2. The average molecular weight is 299 g/mol. The molecule has 110 valence electrons. The van der Waals surface area contributed by atoms with E-state index in [0.29, 0.717) is 5.69 Å². The summed E-state index contributed by atoms with van der Waals surface area (Å²) >= 11 is 0. The molecular weight excluding hydrogens is 284 g/mol. The molecule has 0 saturated carbocycles. The van der Waals surface area contributed by atoms with Crippen LogP contribution < -0.4 is 4.57 Å². The number of nitrogens with zero attached hydrogens (tertiary/aromatic N) is 2. The third kappa shape index (κ3) is 2.08. The molecule has 2 aromatic heterocycles. The molecule has 3 heteroatoms. The first kappa shape index (κ1) is 13.5. The Morgan fingerprint density at radius 3 is 2.61 bits per heavy atom. The highest BCUT2D eigenvalue weighted by Crippen LogP contribution is 2.35. The monoisotopic (exact) mass is 299 g/mol. The Kier molecular flexibility index (Phi) is 2.92. The molecule has 4 rings (SSSR count). The molecule has 23 heavy (non-hydrogen) atoms. The fourth-order valence-electron chi connectivity index (χ4n) is 3.06. The summed E-state index contributed by atoms with van der Waals surface area (Å²) in [7, 11) is 2.05. The maximum atomic E-state index is 7.21. The van der Waals surface area contributed by atoms with Crippen molar-refractivity contribution in [2.45, 2.75) is 6.92 Å². The van der Waals surface area contributed by atoms with Gasteiger partial charge in [-0.1, -0.05) is 6.07 Å². The molecule has 0 aliphatic rings. The van der Waals surface area contributed by atoms with Gasteiger partial charge in [-0.05, 0) is 42.8 Å². The van der Waals surface area contributed by atoms with E-state index < -0.39 is 0 Å². The molecule has 0 aliphatic carbocycles. The fraction of sp³-hybridized carbons (Fsp3) is 0.100. The minimum absolute atomic E-state index is 0.632. The number of aromatic nitrogens is 1. The Bertz CT molecular complexity index is 1100. The van der Waals surface area contributed by atoms with Crippen molar-refractivity contribution in [2.75, 3.05) is 0 Å². The van der Waals surface area contributed by atoms with E-state index in [9.17, 15) is 0 Å². The Labute approximate surface area is 134 Å². The topological polar surface area (TPSA) is 21.4 Å². The van der Waals surface area contributed by atoms with Crippen LogP contribution in [0.3, 0.4) is 0 Å². The molecule has 4 aromatic rings. The second kappa shape index (κ2) is 4.96. The van der Waals surface area contributed by atoms with Crippen LogP contribution in [0.2, 0.25) is 0 Å². The Balaban J connectivity index is 2.07. The van der Waals surface area contributed by atoms with Crippen LogP contribution in [0.1, 0.15) is 5.56 Å². The lowest BCUT2D eigenvalue weighted by Crippen LogP contribution is -2.30. The molecule has 2 heterocycles. The zero-order valence-corrected chi connectivity index (χ0v) is 13.0. The number of pyridine rings is 1. The summed E-state index contributed by atoms with van der Waals surface area (Å²) in [4.78, 5) is 3.52. The Hall–Kier alpha value is -3.12. The van der Waals surface area contributed by atoms with Crippen LogP contribution in [-0.4, -0.2) is 0 Å². The molecule has 0 atom stereocenters. The normalized spacial score (nSPS) is 11.0. The van der Waals surface area contributed by atoms with Crippen molar-refractivity contribution in [3.8, 4) is 11.3 Å².